The largest absolute Gasteiger partial charge is 0.319 e. The van der Waals surface area contributed by atoms with Gasteiger partial charge in [0, 0.05) is 0 Å². The first-order valence-corrected chi connectivity index (χ1v) is 4.03. The van der Waals surface area contributed by atoms with Crippen molar-refractivity contribution in [3.63, 3.8) is 0 Å². The average molecular weight is 125 g/mol. The Hall–Kier alpha value is 0. The van der Waals surface area contributed by atoms with Crippen molar-refractivity contribution in [3.8, 4) is 0 Å². The molecule has 2 atom stereocenters. The minimum Gasteiger partial charge on any atom is -0.319 e. The van der Waals surface area contributed by atoms with Crippen molar-refractivity contribution < 1.29 is 0 Å². The van der Waals surface area contributed by atoms with Gasteiger partial charge in [-0.25, -0.2) is 0 Å². The minimum atomic E-state index is 1.07. The Labute approximate surface area is 58.7 Å². The molecule has 0 amide bonds. The highest BCUT2D eigenvalue weighted by molar-refractivity contribution is 4.92. The molecule has 1 saturated carbocycles. The van der Waals surface area contributed by atoms with Crippen LogP contribution in [0.5, 0.6) is 0 Å². The molecule has 0 heteroatoms. The zero-order valence-corrected chi connectivity index (χ0v) is 6.78. The van der Waals surface area contributed by atoms with Crippen LogP contribution < -0.4 is 0 Å². The van der Waals surface area contributed by atoms with E-state index in [1.807, 2.05) is 0 Å². The molecular formula is C9H17-. The van der Waals surface area contributed by atoms with Crippen molar-refractivity contribution in [1.29, 1.82) is 0 Å². The Morgan fingerprint density at radius 3 is 2.33 bits per heavy atom. The fourth-order valence-corrected chi connectivity index (χ4v) is 1.58. The normalized spacial score (nSPS) is 33.3. The Kier molecular flexibility index (Phi) is 2.15. The lowest BCUT2D eigenvalue weighted by Gasteiger charge is -2.15. The van der Waals surface area contributed by atoms with Crippen LogP contribution in [0.25, 0.3) is 0 Å². The molecule has 54 valence electrons. The molecule has 1 fully saturated rings. The summed E-state index contributed by atoms with van der Waals surface area (Å²) in [6.07, 6.45) is 4.29. The highest BCUT2D eigenvalue weighted by Crippen LogP contribution is 2.45. The summed E-state index contributed by atoms with van der Waals surface area (Å²) < 4.78 is 0. The van der Waals surface area contributed by atoms with Gasteiger partial charge in [0.1, 0.15) is 0 Å². The molecule has 0 aromatic rings. The number of hydrogen-bond acceptors (Lipinski definition) is 0. The van der Waals surface area contributed by atoms with Gasteiger partial charge in [-0.15, -0.1) is 0 Å². The van der Waals surface area contributed by atoms with Crippen LogP contribution in [0.2, 0.25) is 0 Å². The van der Waals surface area contributed by atoms with E-state index in [0.717, 1.165) is 11.8 Å². The van der Waals surface area contributed by atoms with Crippen LogP contribution in [0, 0.1) is 17.8 Å². The Morgan fingerprint density at radius 2 is 2.00 bits per heavy atom. The van der Waals surface area contributed by atoms with Gasteiger partial charge in [0.25, 0.3) is 0 Å². The van der Waals surface area contributed by atoms with E-state index in [1.54, 1.807) is 5.92 Å². The summed E-state index contributed by atoms with van der Waals surface area (Å²) >= 11 is 0. The SMILES string of the molecule is CCC1CC1C[C-](C)C. The number of rotatable bonds is 3. The predicted octanol–water partition coefficient (Wildman–Crippen LogP) is 3.04. The van der Waals surface area contributed by atoms with Crippen molar-refractivity contribution in [1.82, 2.24) is 0 Å². The Balaban J connectivity index is 2.05. The molecule has 1 aliphatic carbocycles. The third-order valence-corrected chi connectivity index (χ3v) is 2.26. The van der Waals surface area contributed by atoms with E-state index < -0.39 is 0 Å². The summed E-state index contributed by atoms with van der Waals surface area (Å²) in [5.41, 5.74) is 0. The second kappa shape index (κ2) is 2.72. The standard InChI is InChI=1S/C9H17/c1-4-8-6-9(8)5-7(2)3/h8-9H,4-6H2,1-3H3/q-1. The Morgan fingerprint density at radius 1 is 1.33 bits per heavy atom. The summed E-state index contributed by atoms with van der Waals surface area (Å²) in [5.74, 6) is 3.76. The van der Waals surface area contributed by atoms with E-state index in [-0.39, 0.29) is 0 Å². The maximum atomic E-state index is 2.30. The van der Waals surface area contributed by atoms with Crippen molar-refractivity contribution >= 4 is 0 Å². The van der Waals surface area contributed by atoms with E-state index in [4.69, 9.17) is 0 Å². The minimum absolute atomic E-state index is 1.07. The molecule has 0 spiro atoms. The van der Waals surface area contributed by atoms with Crippen LogP contribution in [0.1, 0.15) is 40.0 Å². The monoisotopic (exact) mass is 125 g/mol. The topological polar surface area (TPSA) is 0 Å². The van der Waals surface area contributed by atoms with Crippen LogP contribution in [0.4, 0.5) is 0 Å². The highest BCUT2D eigenvalue weighted by atomic mass is 14.4. The molecule has 0 N–H and O–H groups in total. The van der Waals surface area contributed by atoms with Gasteiger partial charge in [-0.3, -0.25) is 0 Å². The second-order valence-corrected chi connectivity index (χ2v) is 3.58. The molecule has 2 unspecified atom stereocenters. The van der Waals surface area contributed by atoms with E-state index in [0.29, 0.717) is 0 Å². The van der Waals surface area contributed by atoms with Crippen molar-refractivity contribution in [2.24, 2.45) is 11.8 Å². The second-order valence-electron chi connectivity index (χ2n) is 3.58. The first-order chi connectivity index (χ1) is 4.24. The first kappa shape index (κ1) is 7.11. The van der Waals surface area contributed by atoms with Gasteiger partial charge in [0.05, 0.1) is 0 Å². The summed E-state index contributed by atoms with van der Waals surface area (Å²) in [7, 11) is 0. The van der Waals surface area contributed by atoms with Crippen LogP contribution >= 0.6 is 0 Å². The molecule has 1 aliphatic rings. The van der Waals surface area contributed by atoms with Crippen LogP contribution in [-0.2, 0) is 0 Å². The van der Waals surface area contributed by atoms with Gasteiger partial charge in [-0.2, -0.15) is 20.3 Å². The quantitative estimate of drug-likeness (QED) is 0.508. The molecule has 0 aromatic heterocycles. The smallest absolute Gasteiger partial charge is 0.0411 e. The molecule has 9 heavy (non-hydrogen) atoms. The molecule has 0 bridgehead atoms. The summed E-state index contributed by atoms with van der Waals surface area (Å²) in [6.45, 7) is 6.78. The predicted molar refractivity (Wildman–Crippen MR) is 41.1 cm³/mol. The molecule has 0 aromatic carbocycles. The molecule has 0 nitrogen and oxygen atoms in total. The summed E-state index contributed by atoms with van der Waals surface area (Å²) in [5, 5.41) is 0. The number of hydrogen-bond donors (Lipinski definition) is 0. The third kappa shape index (κ3) is 2.00. The van der Waals surface area contributed by atoms with Gasteiger partial charge >= 0.3 is 0 Å². The van der Waals surface area contributed by atoms with Gasteiger partial charge in [-0.1, -0.05) is 19.3 Å². The van der Waals surface area contributed by atoms with Crippen LogP contribution in [0.15, 0.2) is 0 Å². The lowest BCUT2D eigenvalue weighted by Crippen LogP contribution is -1.87. The third-order valence-electron chi connectivity index (χ3n) is 2.26. The van der Waals surface area contributed by atoms with Crippen LogP contribution in [-0.4, -0.2) is 0 Å². The lowest BCUT2D eigenvalue weighted by atomic mass is 10.1. The van der Waals surface area contributed by atoms with Gasteiger partial charge in [-0.05, 0) is 12.3 Å². The first-order valence-electron chi connectivity index (χ1n) is 4.03. The maximum absolute atomic E-state index is 2.30. The van der Waals surface area contributed by atoms with Gasteiger partial charge in [0.15, 0.2) is 0 Å². The highest BCUT2D eigenvalue weighted by Gasteiger charge is 2.31. The molecule has 0 aliphatic heterocycles. The average Bonchev–Trinajstić information content (AvgIpc) is 2.45. The van der Waals surface area contributed by atoms with Gasteiger partial charge < -0.3 is 5.92 Å². The maximum Gasteiger partial charge on any atom is -0.0411 e. The molecule has 0 saturated heterocycles. The summed E-state index contributed by atoms with van der Waals surface area (Å²) in [6, 6.07) is 0. The van der Waals surface area contributed by atoms with E-state index in [2.05, 4.69) is 20.8 Å². The van der Waals surface area contributed by atoms with Crippen molar-refractivity contribution in [3.05, 3.63) is 5.92 Å². The van der Waals surface area contributed by atoms with E-state index in [9.17, 15) is 0 Å². The van der Waals surface area contributed by atoms with Crippen molar-refractivity contribution in [2.45, 2.75) is 40.0 Å². The summed E-state index contributed by atoms with van der Waals surface area (Å²) in [4.78, 5) is 0. The van der Waals surface area contributed by atoms with Crippen LogP contribution in [0.3, 0.4) is 0 Å². The molecule has 1 rings (SSSR count). The van der Waals surface area contributed by atoms with E-state index in [1.165, 1.54) is 19.3 Å². The molecule has 0 radical (unpaired) electrons. The zero-order chi connectivity index (χ0) is 6.85. The van der Waals surface area contributed by atoms with E-state index >= 15 is 0 Å². The fraction of sp³-hybridized carbons (Fsp3) is 0.889. The molecule has 0 heterocycles. The Bertz CT molecular complexity index is 84.0. The zero-order valence-electron chi connectivity index (χ0n) is 6.78. The van der Waals surface area contributed by atoms with Crippen molar-refractivity contribution in [2.75, 3.05) is 0 Å². The van der Waals surface area contributed by atoms with Gasteiger partial charge in [0.2, 0.25) is 0 Å². The fourth-order valence-electron chi connectivity index (χ4n) is 1.58. The lowest BCUT2D eigenvalue weighted by molar-refractivity contribution is 0.641. The molecular weight excluding hydrogens is 108 g/mol.